The summed E-state index contributed by atoms with van der Waals surface area (Å²) in [6.45, 7) is 6.31. The molecule has 1 unspecified atom stereocenters. The Morgan fingerprint density at radius 3 is 2.53 bits per heavy atom. The monoisotopic (exact) mass is 453 g/mol. The zero-order chi connectivity index (χ0) is 23.5. The highest BCUT2D eigenvalue weighted by Gasteiger charge is 2.34. The first-order valence-corrected chi connectivity index (χ1v) is 12.2. The van der Waals surface area contributed by atoms with Crippen molar-refractivity contribution in [2.75, 3.05) is 18.1 Å². The molecule has 1 aromatic heterocycles. The van der Waals surface area contributed by atoms with Crippen LogP contribution >= 0.6 is 0 Å². The lowest BCUT2D eigenvalue weighted by Crippen LogP contribution is -2.24. The fourth-order valence-electron chi connectivity index (χ4n) is 4.73. The fraction of sp³-hybridized carbons (Fsp3) is 0.310. The SMILES string of the molecule is CCc1ccc(N2CC(c3nc4ccccc4n3CCCOc3ccc(C)cc3)CC2=O)cc1. The molecule has 0 aliphatic carbocycles. The summed E-state index contributed by atoms with van der Waals surface area (Å²) < 4.78 is 8.24. The van der Waals surface area contributed by atoms with Gasteiger partial charge < -0.3 is 14.2 Å². The van der Waals surface area contributed by atoms with Crippen molar-refractivity contribution in [1.29, 1.82) is 0 Å². The van der Waals surface area contributed by atoms with Crippen molar-refractivity contribution in [3.8, 4) is 5.75 Å². The number of anilines is 1. The lowest BCUT2D eigenvalue weighted by atomic mass is 10.1. The van der Waals surface area contributed by atoms with Crippen LogP contribution in [0.3, 0.4) is 0 Å². The number of carbonyl (C=O) groups excluding carboxylic acids is 1. The zero-order valence-corrected chi connectivity index (χ0v) is 19.9. The summed E-state index contributed by atoms with van der Waals surface area (Å²) in [5.41, 5.74) is 5.57. The van der Waals surface area contributed by atoms with Crippen LogP contribution in [-0.2, 0) is 17.8 Å². The van der Waals surface area contributed by atoms with Crippen LogP contribution in [0.25, 0.3) is 11.0 Å². The highest BCUT2D eigenvalue weighted by Crippen LogP contribution is 2.33. The Kier molecular flexibility index (Phi) is 6.35. The van der Waals surface area contributed by atoms with Gasteiger partial charge in [0.2, 0.25) is 5.91 Å². The molecule has 0 bridgehead atoms. The Bertz CT molecular complexity index is 1280. The second-order valence-electron chi connectivity index (χ2n) is 9.05. The summed E-state index contributed by atoms with van der Waals surface area (Å²) in [5.74, 6) is 2.13. The summed E-state index contributed by atoms with van der Waals surface area (Å²) >= 11 is 0. The third-order valence-corrected chi connectivity index (χ3v) is 6.65. The van der Waals surface area contributed by atoms with Gasteiger partial charge in [-0.05, 0) is 61.7 Å². The van der Waals surface area contributed by atoms with Crippen molar-refractivity contribution >= 4 is 22.6 Å². The van der Waals surface area contributed by atoms with Crippen molar-refractivity contribution < 1.29 is 9.53 Å². The third-order valence-electron chi connectivity index (χ3n) is 6.65. The fourth-order valence-corrected chi connectivity index (χ4v) is 4.73. The van der Waals surface area contributed by atoms with Crippen molar-refractivity contribution in [3.63, 3.8) is 0 Å². The highest BCUT2D eigenvalue weighted by molar-refractivity contribution is 5.96. The van der Waals surface area contributed by atoms with E-state index >= 15 is 0 Å². The van der Waals surface area contributed by atoms with Crippen LogP contribution in [-0.4, -0.2) is 28.6 Å². The van der Waals surface area contributed by atoms with Crippen LogP contribution in [0.2, 0.25) is 0 Å². The molecule has 2 heterocycles. The number of ether oxygens (including phenoxy) is 1. The summed E-state index contributed by atoms with van der Waals surface area (Å²) in [4.78, 5) is 19.8. The van der Waals surface area contributed by atoms with Gasteiger partial charge >= 0.3 is 0 Å². The maximum absolute atomic E-state index is 12.9. The number of hydrogen-bond donors (Lipinski definition) is 0. The standard InChI is InChI=1S/C29H31N3O2/c1-3-22-11-13-24(14-12-22)32-20-23(19-28(32)33)29-30-26-7-4-5-8-27(26)31(29)17-6-18-34-25-15-9-21(2)10-16-25/h4-5,7-16,23H,3,6,17-20H2,1-2H3. The van der Waals surface area contributed by atoms with Gasteiger partial charge in [0, 0.05) is 31.1 Å². The number of para-hydroxylation sites is 2. The molecule has 0 saturated carbocycles. The lowest BCUT2D eigenvalue weighted by Gasteiger charge is -2.18. The lowest BCUT2D eigenvalue weighted by molar-refractivity contribution is -0.117. The number of imidazole rings is 1. The molecule has 1 atom stereocenters. The first kappa shape index (κ1) is 22.2. The number of rotatable bonds is 8. The number of benzene rings is 3. The first-order valence-electron chi connectivity index (χ1n) is 12.2. The minimum atomic E-state index is 0.0729. The Hall–Kier alpha value is -3.60. The van der Waals surface area contributed by atoms with Crippen LogP contribution in [0.1, 0.15) is 42.6 Å². The number of aryl methyl sites for hydroxylation is 3. The van der Waals surface area contributed by atoms with E-state index in [1.165, 1.54) is 11.1 Å². The zero-order valence-electron chi connectivity index (χ0n) is 19.9. The second-order valence-corrected chi connectivity index (χ2v) is 9.05. The molecule has 3 aromatic carbocycles. The molecule has 5 heteroatoms. The number of nitrogens with zero attached hydrogens (tertiary/aromatic N) is 3. The van der Waals surface area contributed by atoms with E-state index in [-0.39, 0.29) is 11.8 Å². The van der Waals surface area contributed by atoms with E-state index in [4.69, 9.17) is 9.72 Å². The molecule has 5 nitrogen and oxygen atoms in total. The van der Waals surface area contributed by atoms with Gasteiger partial charge in [0.15, 0.2) is 0 Å². The van der Waals surface area contributed by atoms with Gasteiger partial charge in [-0.3, -0.25) is 4.79 Å². The van der Waals surface area contributed by atoms with Gasteiger partial charge in [0.05, 0.1) is 17.6 Å². The molecule has 174 valence electrons. The summed E-state index contributed by atoms with van der Waals surface area (Å²) in [7, 11) is 0. The average Bonchev–Trinajstić information content (AvgIpc) is 3.43. The van der Waals surface area contributed by atoms with Gasteiger partial charge in [-0.1, -0.05) is 48.9 Å². The van der Waals surface area contributed by atoms with Gasteiger partial charge in [0.25, 0.3) is 0 Å². The maximum Gasteiger partial charge on any atom is 0.227 e. The molecule has 34 heavy (non-hydrogen) atoms. The molecule has 0 spiro atoms. The highest BCUT2D eigenvalue weighted by atomic mass is 16.5. The van der Waals surface area contributed by atoms with E-state index in [1.54, 1.807) is 0 Å². The van der Waals surface area contributed by atoms with Gasteiger partial charge in [-0.15, -0.1) is 0 Å². The summed E-state index contributed by atoms with van der Waals surface area (Å²) in [6.07, 6.45) is 2.34. The van der Waals surface area contributed by atoms with Gasteiger partial charge in [-0.25, -0.2) is 4.98 Å². The quantitative estimate of drug-likeness (QED) is 0.312. The van der Waals surface area contributed by atoms with E-state index in [1.807, 2.05) is 23.1 Å². The Morgan fingerprint density at radius 1 is 1.00 bits per heavy atom. The van der Waals surface area contributed by atoms with Gasteiger partial charge in [0.1, 0.15) is 11.6 Å². The molecule has 0 N–H and O–H groups in total. The number of amides is 1. The smallest absolute Gasteiger partial charge is 0.227 e. The van der Waals surface area contributed by atoms with Crippen molar-refractivity contribution in [3.05, 3.63) is 89.7 Å². The molecule has 0 radical (unpaired) electrons. The van der Waals surface area contributed by atoms with Crippen molar-refractivity contribution in [2.24, 2.45) is 0 Å². The van der Waals surface area contributed by atoms with Crippen LogP contribution in [0.15, 0.2) is 72.8 Å². The molecule has 1 amide bonds. The molecule has 1 aliphatic heterocycles. The van der Waals surface area contributed by atoms with Crippen LogP contribution in [0, 0.1) is 6.92 Å². The predicted octanol–water partition coefficient (Wildman–Crippen LogP) is 5.90. The molecule has 1 fully saturated rings. The van der Waals surface area contributed by atoms with E-state index in [9.17, 15) is 4.79 Å². The summed E-state index contributed by atoms with van der Waals surface area (Å²) in [5, 5.41) is 0. The molecular formula is C29H31N3O2. The molecule has 1 saturated heterocycles. The normalized spacial score (nSPS) is 15.9. The average molecular weight is 454 g/mol. The van der Waals surface area contributed by atoms with Crippen molar-refractivity contribution in [2.45, 2.75) is 45.6 Å². The predicted molar refractivity (Wildman–Crippen MR) is 137 cm³/mol. The number of aromatic nitrogens is 2. The van der Waals surface area contributed by atoms with Crippen LogP contribution < -0.4 is 9.64 Å². The topological polar surface area (TPSA) is 47.4 Å². The van der Waals surface area contributed by atoms with Crippen LogP contribution in [0.4, 0.5) is 5.69 Å². The van der Waals surface area contributed by atoms with Crippen molar-refractivity contribution in [1.82, 2.24) is 9.55 Å². The third kappa shape index (κ3) is 4.56. The van der Waals surface area contributed by atoms with E-state index in [2.05, 4.69) is 73.0 Å². The summed E-state index contributed by atoms with van der Waals surface area (Å²) in [6, 6.07) is 24.7. The Labute approximate surface area is 201 Å². The number of carbonyl (C=O) groups is 1. The maximum atomic E-state index is 12.9. The molecular weight excluding hydrogens is 422 g/mol. The minimum Gasteiger partial charge on any atom is -0.494 e. The Balaban J connectivity index is 1.33. The Morgan fingerprint density at radius 2 is 1.76 bits per heavy atom. The van der Waals surface area contributed by atoms with Gasteiger partial charge in [-0.2, -0.15) is 0 Å². The minimum absolute atomic E-state index is 0.0729. The van der Waals surface area contributed by atoms with E-state index < -0.39 is 0 Å². The second kappa shape index (κ2) is 9.72. The van der Waals surface area contributed by atoms with Crippen LogP contribution in [0.5, 0.6) is 5.75 Å². The van der Waals surface area contributed by atoms with E-state index in [0.29, 0.717) is 19.6 Å². The number of hydrogen-bond acceptors (Lipinski definition) is 3. The number of fused-ring (bicyclic) bond motifs is 1. The molecule has 5 rings (SSSR count). The molecule has 1 aliphatic rings. The first-order chi connectivity index (χ1) is 16.6. The molecule has 4 aromatic rings. The van der Waals surface area contributed by atoms with E-state index in [0.717, 1.165) is 47.7 Å². The largest absolute Gasteiger partial charge is 0.494 e.